The number of hydrogen-bond acceptors (Lipinski definition) is 1. The number of benzene rings is 2. The lowest BCUT2D eigenvalue weighted by molar-refractivity contribution is 0.600. The first kappa shape index (κ1) is 12.8. The molecule has 0 atom stereocenters. The minimum absolute atomic E-state index is 0.193. The fourth-order valence-electron chi connectivity index (χ4n) is 2.76. The molecule has 3 nitrogen and oxygen atoms in total. The van der Waals surface area contributed by atoms with Gasteiger partial charge in [0.25, 0.3) is 0 Å². The van der Waals surface area contributed by atoms with E-state index in [0.29, 0.717) is 12.1 Å². The van der Waals surface area contributed by atoms with Crippen molar-refractivity contribution < 1.29 is 4.39 Å². The number of aromatic amines is 1. The van der Waals surface area contributed by atoms with Crippen LogP contribution in [0.2, 0.25) is 0 Å². The molecule has 0 fully saturated rings. The first-order valence-corrected chi connectivity index (χ1v) is 7.13. The lowest BCUT2D eigenvalue weighted by Crippen LogP contribution is -2.02. The molecule has 4 aromatic rings. The summed E-state index contributed by atoms with van der Waals surface area (Å²) >= 11 is 0. The highest BCUT2D eigenvalue weighted by molar-refractivity contribution is 5.94. The van der Waals surface area contributed by atoms with Crippen LogP contribution in [0.3, 0.4) is 0 Å². The Bertz CT molecular complexity index is 936. The Balaban J connectivity index is 1.79. The van der Waals surface area contributed by atoms with Crippen molar-refractivity contribution in [2.45, 2.75) is 6.54 Å². The molecule has 0 amide bonds. The van der Waals surface area contributed by atoms with Crippen LogP contribution in [0.4, 0.5) is 4.39 Å². The van der Waals surface area contributed by atoms with Gasteiger partial charge in [0.2, 0.25) is 0 Å². The highest BCUT2D eigenvalue weighted by atomic mass is 19.1. The Hall–Kier alpha value is -2.88. The van der Waals surface area contributed by atoms with Gasteiger partial charge in [-0.1, -0.05) is 36.4 Å². The summed E-state index contributed by atoms with van der Waals surface area (Å²) in [5, 5.41) is 1.14. The summed E-state index contributed by atoms with van der Waals surface area (Å²) in [4.78, 5) is 7.50. The van der Waals surface area contributed by atoms with Crippen LogP contribution in [0, 0.1) is 5.82 Å². The first-order chi connectivity index (χ1) is 10.8. The molecule has 0 aliphatic carbocycles. The molecule has 22 heavy (non-hydrogen) atoms. The largest absolute Gasteiger partial charge is 0.360 e. The second kappa shape index (κ2) is 5.15. The number of nitrogens with zero attached hydrogens (tertiary/aromatic N) is 2. The van der Waals surface area contributed by atoms with E-state index < -0.39 is 0 Å². The summed E-state index contributed by atoms with van der Waals surface area (Å²) in [6.45, 7) is 0.460. The Morgan fingerprint density at radius 3 is 2.77 bits per heavy atom. The van der Waals surface area contributed by atoms with Gasteiger partial charge in [-0.15, -0.1) is 0 Å². The molecule has 2 aromatic heterocycles. The smallest absolute Gasteiger partial charge is 0.128 e. The van der Waals surface area contributed by atoms with Gasteiger partial charge in [0.05, 0.1) is 24.8 Å². The molecule has 4 rings (SSSR count). The second-order valence-electron chi connectivity index (χ2n) is 5.25. The van der Waals surface area contributed by atoms with E-state index in [4.69, 9.17) is 0 Å². The van der Waals surface area contributed by atoms with Crippen LogP contribution < -0.4 is 0 Å². The summed E-state index contributed by atoms with van der Waals surface area (Å²) in [5.74, 6) is -0.193. The average Bonchev–Trinajstić information content (AvgIpc) is 3.16. The van der Waals surface area contributed by atoms with Gasteiger partial charge in [0.15, 0.2) is 0 Å². The second-order valence-corrected chi connectivity index (χ2v) is 5.25. The summed E-state index contributed by atoms with van der Waals surface area (Å²) in [7, 11) is 0. The van der Waals surface area contributed by atoms with Gasteiger partial charge < -0.3 is 9.55 Å². The Morgan fingerprint density at radius 1 is 1.05 bits per heavy atom. The van der Waals surface area contributed by atoms with Gasteiger partial charge in [0, 0.05) is 28.2 Å². The first-order valence-electron chi connectivity index (χ1n) is 7.13. The van der Waals surface area contributed by atoms with Crippen LogP contribution in [0.5, 0.6) is 0 Å². The van der Waals surface area contributed by atoms with Crippen molar-refractivity contribution in [3.05, 3.63) is 78.6 Å². The topological polar surface area (TPSA) is 33.6 Å². The van der Waals surface area contributed by atoms with Crippen LogP contribution in [-0.4, -0.2) is 14.5 Å². The van der Waals surface area contributed by atoms with Crippen LogP contribution >= 0.6 is 0 Å². The quantitative estimate of drug-likeness (QED) is 0.602. The van der Waals surface area contributed by atoms with Crippen molar-refractivity contribution in [1.29, 1.82) is 0 Å². The van der Waals surface area contributed by atoms with Crippen molar-refractivity contribution in [1.82, 2.24) is 14.5 Å². The third-order valence-electron chi connectivity index (χ3n) is 3.88. The molecule has 0 saturated heterocycles. The fourth-order valence-corrected chi connectivity index (χ4v) is 2.76. The Morgan fingerprint density at radius 2 is 1.86 bits per heavy atom. The molecule has 2 heterocycles. The normalized spacial score (nSPS) is 11.1. The molecule has 0 saturated carbocycles. The lowest BCUT2D eigenvalue weighted by Gasteiger charge is -2.08. The molecule has 2 aromatic carbocycles. The number of H-pyrrole nitrogens is 1. The number of fused-ring (bicyclic) bond motifs is 1. The van der Waals surface area contributed by atoms with Gasteiger partial charge >= 0.3 is 0 Å². The van der Waals surface area contributed by atoms with E-state index in [0.717, 1.165) is 22.2 Å². The number of hydrogen-bond donors (Lipinski definition) is 1. The standard InChI is InChI=1S/C18H14FN3/c19-16-7-3-1-5-13(16)11-22-12-20-10-18(22)15-9-21-17-8-4-2-6-14(15)17/h1-10,12,21H,11H2. The lowest BCUT2D eigenvalue weighted by atomic mass is 10.1. The maximum absolute atomic E-state index is 13.9. The molecular weight excluding hydrogens is 277 g/mol. The third kappa shape index (κ3) is 2.09. The Labute approximate surface area is 127 Å². The highest BCUT2D eigenvalue weighted by Crippen LogP contribution is 2.28. The molecule has 108 valence electrons. The molecule has 0 radical (unpaired) electrons. The van der Waals surface area contributed by atoms with E-state index in [9.17, 15) is 4.39 Å². The zero-order valence-electron chi connectivity index (χ0n) is 11.8. The van der Waals surface area contributed by atoms with Gasteiger partial charge in [-0.3, -0.25) is 0 Å². The molecule has 0 bridgehead atoms. The van der Waals surface area contributed by atoms with Gasteiger partial charge in [0.1, 0.15) is 5.82 Å². The number of rotatable bonds is 3. The van der Waals surface area contributed by atoms with Crippen LogP contribution in [0.1, 0.15) is 5.56 Å². The minimum Gasteiger partial charge on any atom is -0.360 e. The van der Waals surface area contributed by atoms with Crippen molar-refractivity contribution in [3.63, 3.8) is 0 Å². The molecular formula is C18H14FN3. The molecule has 0 aliphatic rings. The maximum Gasteiger partial charge on any atom is 0.128 e. The number of halogens is 1. The highest BCUT2D eigenvalue weighted by Gasteiger charge is 2.11. The van der Waals surface area contributed by atoms with Crippen molar-refractivity contribution >= 4 is 10.9 Å². The zero-order valence-corrected chi connectivity index (χ0v) is 11.8. The average molecular weight is 291 g/mol. The zero-order chi connectivity index (χ0) is 14.9. The molecule has 4 heteroatoms. The molecule has 1 N–H and O–H groups in total. The number of imidazole rings is 1. The fraction of sp³-hybridized carbons (Fsp3) is 0.0556. The molecule has 0 aliphatic heterocycles. The number of para-hydroxylation sites is 1. The summed E-state index contributed by atoms with van der Waals surface area (Å²) in [6.07, 6.45) is 5.53. The SMILES string of the molecule is Fc1ccccc1Cn1cncc1-c1c[nH]c2ccccc12. The number of aromatic nitrogens is 3. The monoisotopic (exact) mass is 291 g/mol. The van der Waals surface area contributed by atoms with Crippen molar-refractivity contribution in [2.24, 2.45) is 0 Å². The van der Waals surface area contributed by atoms with Gasteiger partial charge in [-0.2, -0.15) is 0 Å². The van der Waals surface area contributed by atoms with Crippen molar-refractivity contribution in [3.8, 4) is 11.3 Å². The van der Waals surface area contributed by atoms with Crippen LogP contribution in [0.15, 0.2) is 67.3 Å². The van der Waals surface area contributed by atoms with E-state index in [2.05, 4.69) is 16.0 Å². The van der Waals surface area contributed by atoms with E-state index >= 15 is 0 Å². The predicted molar refractivity (Wildman–Crippen MR) is 85.0 cm³/mol. The predicted octanol–water partition coefficient (Wildman–Crippen LogP) is 4.22. The van der Waals surface area contributed by atoms with E-state index in [1.165, 1.54) is 6.07 Å². The maximum atomic E-state index is 13.9. The summed E-state index contributed by atoms with van der Waals surface area (Å²) in [6, 6.07) is 15.0. The summed E-state index contributed by atoms with van der Waals surface area (Å²) < 4.78 is 15.8. The molecule has 0 unspecified atom stereocenters. The van der Waals surface area contributed by atoms with Crippen LogP contribution in [0.25, 0.3) is 22.2 Å². The van der Waals surface area contributed by atoms with Gasteiger partial charge in [-0.05, 0) is 12.1 Å². The third-order valence-corrected chi connectivity index (χ3v) is 3.88. The van der Waals surface area contributed by atoms with E-state index in [-0.39, 0.29) is 5.82 Å². The van der Waals surface area contributed by atoms with E-state index in [1.807, 2.05) is 41.2 Å². The molecule has 0 spiro atoms. The Kier molecular flexibility index (Phi) is 3.00. The summed E-state index contributed by atoms with van der Waals surface area (Å²) in [5.41, 5.74) is 3.78. The van der Waals surface area contributed by atoms with E-state index in [1.54, 1.807) is 18.5 Å². The van der Waals surface area contributed by atoms with Gasteiger partial charge in [-0.25, -0.2) is 9.37 Å². The minimum atomic E-state index is -0.193. The number of nitrogens with one attached hydrogen (secondary N) is 1. The van der Waals surface area contributed by atoms with Crippen LogP contribution in [-0.2, 0) is 6.54 Å². The van der Waals surface area contributed by atoms with Crippen molar-refractivity contribution in [2.75, 3.05) is 0 Å².